The molecule has 0 saturated carbocycles. The highest BCUT2D eigenvalue weighted by atomic mass is 16.5. The third kappa shape index (κ3) is 5.91. The van der Waals surface area contributed by atoms with E-state index in [1.165, 1.54) is 5.56 Å². The van der Waals surface area contributed by atoms with Crippen LogP contribution in [0.5, 0.6) is 0 Å². The van der Waals surface area contributed by atoms with Crippen molar-refractivity contribution < 1.29 is 14.3 Å². The molecule has 2 aromatic carbocycles. The first-order valence-electron chi connectivity index (χ1n) is 9.23. The largest absolute Gasteiger partial charge is 0.379 e. The maximum atomic E-state index is 12.5. The highest BCUT2D eigenvalue weighted by Crippen LogP contribution is 2.15. The molecule has 1 heterocycles. The smallest absolute Gasteiger partial charge is 0.253 e. The van der Waals surface area contributed by atoms with E-state index in [4.69, 9.17) is 4.74 Å². The number of carbonyl (C=O) groups is 2. The van der Waals surface area contributed by atoms with Gasteiger partial charge in [0, 0.05) is 19.6 Å². The summed E-state index contributed by atoms with van der Waals surface area (Å²) in [6.45, 7) is 3.62. The van der Waals surface area contributed by atoms with Gasteiger partial charge in [-0.1, -0.05) is 42.5 Å². The average molecular weight is 367 g/mol. The van der Waals surface area contributed by atoms with E-state index in [-0.39, 0.29) is 11.8 Å². The molecular formula is C21H25N3O3. The summed E-state index contributed by atoms with van der Waals surface area (Å²) in [5.74, 6) is -0.311. The molecule has 0 spiro atoms. The van der Waals surface area contributed by atoms with Crippen molar-refractivity contribution in [2.75, 3.05) is 44.7 Å². The van der Waals surface area contributed by atoms with Gasteiger partial charge in [0.25, 0.3) is 5.91 Å². The molecule has 142 valence electrons. The van der Waals surface area contributed by atoms with Gasteiger partial charge < -0.3 is 15.4 Å². The Bertz CT molecular complexity index is 758. The first kappa shape index (κ1) is 19.1. The summed E-state index contributed by atoms with van der Waals surface area (Å²) in [6, 6.07) is 17.1. The Morgan fingerprint density at radius 3 is 2.44 bits per heavy atom. The van der Waals surface area contributed by atoms with E-state index < -0.39 is 0 Å². The zero-order valence-electron chi connectivity index (χ0n) is 15.3. The Kier molecular flexibility index (Phi) is 6.96. The molecule has 0 aromatic heterocycles. The lowest BCUT2D eigenvalue weighted by Gasteiger charge is -2.25. The van der Waals surface area contributed by atoms with E-state index in [0.29, 0.717) is 37.6 Å². The minimum absolute atomic E-state index is 0.124. The summed E-state index contributed by atoms with van der Waals surface area (Å²) in [5, 5.41) is 5.79. The van der Waals surface area contributed by atoms with Gasteiger partial charge in [-0.2, -0.15) is 0 Å². The number of morpholine rings is 1. The van der Waals surface area contributed by atoms with Crippen molar-refractivity contribution in [2.24, 2.45) is 0 Å². The zero-order valence-corrected chi connectivity index (χ0v) is 15.3. The third-order valence-electron chi connectivity index (χ3n) is 4.46. The van der Waals surface area contributed by atoms with Crippen LogP contribution in [0.15, 0.2) is 54.6 Å². The van der Waals surface area contributed by atoms with Gasteiger partial charge in [-0.15, -0.1) is 0 Å². The quantitative estimate of drug-likeness (QED) is 0.785. The van der Waals surface area contributed by atoms with Crippen LogP contribution in [0.3, 0.4) is 0 Å². The lowest BCUT2D eigenvalue weighted by atomic mass is 10.1. The van der Waals surface area contributed by atoms with Gasteiger partial charge in [0.2, 0.25) is 5.91 Å². The summed E-state index contributed by atoms with van der Waals surface area (Å²) in [7, 11) is 0. The fraction of sp³-hybridized carbons (Fsp3) is 0.333. The van der Waals surface area contributed by atoms with Gasteiger partial charge in [0.15, 0.2) is 0 Å². The summed E-state index contributed by atoms with van der Waals surface area (Å²) >= 11 is 0. The number of amides is 2. The molecule has 0 radical (unpaired) electrons. The molecule has 6 heteroatoms. The molecular weight excluding hydrogens is 342 g/mol. The number of anilines is 1. The third-order valence-corrected chi connectivity index (χ3v) is 4.46. The van der Waals surface area contributed by atoms with Gasteiger partial charge >= 0.3 is 0 Å². The molecule has 27 heavy (non-hydrogen) atoms. The van der Waals surface area contributed by atoms with E-state index in [1.807, 2.05) is 41.3 Å². The topological polar surface area (TPSA) is 70.7 Å². The predicted molar refractivity (Wildman–Crippen MR) is 105 cm³/mol. The number of nitrogens with one attached hydrogen (secondary N) is 2. The van der Waals surface area contributed by atoms with Crippen molar-refractivity contribution in [3.8, 4) is 0 Å². The van der Waals surface area contributed by atoms with Crippen LogP contribution in [0.2, 0.25) is 0 Å². The molecule has 0 aliphatic carbocycles. The molecule has 1 aliphatic rings. The molecule has 3 rings (SSSR count). The normalized spacial score (nSPS) is 14.5. The second-order valence-electron chi connectivity index (χ2n) is 6.47. The maximum Gasteiger partial charge on any atom is 0.253 e. The number of nitrogens with zero attached hydrogens (tertiary/aromatic N) is 1. The van der Waals surface area contributed by atoms with Crippen molar-refractivity contribution in [1.29, 1.82) is 0 Å². The SMILES string of the molecule is O=C(CN1CCOCC1)Nc1ccccc1C(=O)NCCc1ccccc1. The average Bonchev–Trinajstić information content (AvgIpc) is 2.70. The summed E-state index contributed by atoms with van der Waals surface area (Å²) in [5.41, 5.74) is 2.18. The number of ether oxygens (including phenoxy) is 1. The van der Waals surface area contributed by atoms with Gasteiger partial charge in [-0.25, -0.2) is 0 Å². The number of para-hydroxylation sites is 1. The van der Waals surface area contributed by atoms with Gasteiger partial charge in [0.05, 0.1) is 31.0 Å². The number of hydrogen-bond acceptors (Lipinski definition) is 4. The van der Waals surface area contributed by atoms with Crippen LogP contribution in [0, 0.1) is 0 Å². The minimum Gasteiger partial charge on any atom is -0.379 e. The van der Waals surface area contributed by atoms with Crippen molar-refractivity contribution in [3.05, 3.63) is 65.7 Å². The first-order chi connectivity index (χ1) is 13.2. The van der Waals surface area contributed by atoms with Crippen molar-refractivity contribution in [3.63, 3.8) is 0 Å². The number of hydrogen-bond donors (Lipinski definition) is 2. The molecule has 0 bridgehead atoms. The first-order valence-corrected chi connectivity index (χ1v) is 9.23. The molecule has 1 aliphatic heterocycles. The van der Waals surface area contributed by atoms with E-state index in [2.05, 4.69) is 10.6 Å². The van der Waals surface area contributed by atoms with Crippen LogP contribution in [0.4, 0.5) is 5.69 Å². The van der Waals surface area contributed by atoms with Gasteiger partial charge in [0.1, 0.15) is 0 Å². The number of carbonyl (C=O) groups excluding carboxylic acids is 2. The molecule has 2 amide bonds. The Balaban J connectivity index is 1.54. The Morgan fingerprint density at radius 1 is 0.963 bits per heavy atom. The fourth-order valence-electron chi connectivity index (χ4n) is 3.00. The molecule has 1 saturated heterocycles. The summed E-state index contributed by atoms with van der Waals surface area (Å²) in [4.78, 5) is 26.9. The van der Waals surface area contributed by atoms with E-state index >= 15 is 0 Å². The molecule has 2 aromatic rings. The minimum atomic E-state index is -0.187. The van der Waals surface area contributed by atoms with E-state index in [9.17, 15) is 9.59 Å². The fourth-order valence-corrected chi connectivity index (χ4v) is 3.00. The zero-order chi connectivity index (χ0) is 18.9. The van der Waals surface area contributed by atoms with Crippen LogP contribution in [0.25, 0.3) is 0 Å². The summed E-state index contributed by atoms with van der Waals surface area (Å²) < 4.78 is 5.29. The van der Waals surface area contributed by atoms with Crippen LogP contribution >= 0.6 is 0 Å². The van der Waals surface area contributed by atoms with E-state index in [1.54, 1.807) is 18.2 Å². The molecule has 2 N–H and O–H groups in total. The maximum absolute atomic E-state index is 12.5. The highest BCUT2D eigenvalue weighted by molar-refractivity contribution is 6.04. The van der Waals surface area contributed by atoms with E-state index in [0.717, 1.165) is 19.5 Å². The highest BCUT2D eigenvalue weighted by Gasteiger charge is 2.16. The molecule has 6 nitrogen and oxygen atoms in total. The standard InChI is InChI=1S/C21H25N3O3/c25-20(16-24-12-14-27-15-13-24)23-19-9-5-4-8-18(19)21(26)22-11-10-17-6-2-1-3-7-17/h1-9H,10-16H2,(H,22,26)(H,23,25). The van der Waals surface area contributed by atoms with Crippen molar-refractivity contribution in [1.82, 2.24) is 10.2 Å². The number of benzene rings is 2. The Labute approximate surface area is 159 Å². The van der Waals surface area contributed by atoms with Crippen LogP contribution in [-0.2, 0) is 16.0 Å². The van der Waals surface area contributed by atoms with Crippen LogP contribution in [-0.4, -0.2) is 56.1 Å². The second-order valence-corrected chi connectivity index (χ2v) is 6.47. The van der Waals surface area contributed by atoms with Crippen molar-refractivity contribution in [2.45, 2.75) is 6.42 Å². The lowest BCUT2D eigenvalue weighted by molar-refractivity contribution is -0.118. The van der Waals surface area contributed by atoms with Crippen LogP contribution in [0.1, 0.15) is 15.9 Å². The van der Waals surface area contributed by atoms with Gasteiger partial charge in [-0.3, -0.25) is 14.5 Å². The molecule has 0 unspecified atom stereocenters. The monoisotopic (exact) mass is 367 g/mol. The number of rotatable bonds is 7. The Morgan fingerprint density at radius 2 is 1.67 bits per heavy atom. The molecule has 0 atom stereocenters. The van der Waals surface area contributed by atoms with Gasteiger partial charge in [-0.05, 0) is 24.1 Å². The Hall–Kier alpha value is -2.70. The lowest BCUT2D eigenvalue weighted by Crippen LogP contribution is -2.41. The molecule has 1 fully saturated rings. The summed E-state index contributed by atoms with van der Waals surface area (Å²) in [6.07, 6.45) is 0.762. The van der Waals surface area contributed by atoms with Crippen molar-refractivity contribution >= 4 is 17.5 Å². The second kappa shape index (κ2) is 9.85. The predicted octanol–water partition coefficient (Wildman–Crippen LogP) is 1.93. The van der Waals surface area contributed by atoms with Crippen LogP contribution < -0.4 is 10.6 Å².